The third kappa shape index (κ3) is 5.26. The molecule has 0 radical (unpaired) electrons. The van der Waals surface area contributed by atoms with E-state index < -0.39 is 15.4 Å². The summed E-state index contributed by atoms with van der Waals surface area (Å²) < 4.78 is 30.4. The minimum atomic E-state index is -3.24. The molecular formula is C26H32N2O4S. The summed E-state index contributed by atoms with van der Waals surface area (Å²) in [4.78, 5) is 13.2. The molecule has 0 bridgehead atoms. The predicted octanol–water partition coefficient (Wildman–Crippen LogP) is 4.88. The molecule has 3 aromatic carbocycles. The van der Waals surface area contributed by atoms with Gasteiger partial charge in [-0.2, -0.15) is 0 Å². The van der Waals surface area contributed by atoms with Gasteiger partial charge in [0.2, 0.25) is 15.9 Å². The molecule has 176 valence electrons. The Bertz CT molecular complexity index is 1290. The normalized spacial score (nSPS) is 14.5. The fourth-order valence-electron chi connectivity index (χ4n) is 3.97. The lowest BCUT2D eigenvalue weighted by Gasteiger charge is -2.18. The van der Waals surface area contributed by atoms with E-state index in [-0.39, 0.29) is 15.3 Å². The molecule has 0 aromatic heterocycles. The molecule has 7 heteroatoms. The van der Waals surface area contributed by atoms with E-state index in [4.69, 9.17) is 4.74 Å². The zero-order valence-corrected chi connectivity index (χ0v) is 19.8. The summed E-state index contributed by atoms with van der Waals surface area (Å²) in [7, 11) is -1.61. The maximum absolute atomic E-state index is 13.2. The molecule has 4 rings (SSSR count). The third-order valence-corrected chi connectivity index (χ3v) is 6.77. The second-order valence-electron chi connectivity index (χ2n) is 8.59. The summed E-state index contributed by atoms with van der Waals surface area (Å²) in [5.41, 5.74) is 5.20. The number of sulfonamides is 1. The zero-order valence-electron chi connectivity index (χ0n) is 19.0. The molecule has 1 fully saturated rings. The number of anilines is 1. The van der Waals surface area contributed by atoms with Gasteiger partial charge in [0.1, 0.15) is 5.75 Å². The van der Waals surface area contributed by atoms with E-state index in [9.17, 15) is 13.2 Å². The number of benzene rings is 3. The third-order valence-electron chi connectivity index (χ3n) is 6.11. The Morgan fingerprint density at radius 1 is 1.06 bits per heavy atom. The van der Waals surface area contributed by atoms with Gasteiger partial charge in [-0.05, 0) is 71.8 Å². The summed E-state index contributed by atoms with van der Waals surface area (Å²) >= 11 is 0. The van der Waals surface area contributed by atoms with E-state index in [1.54, 1.807) is 7.11 Å². The smallest absolute Gasteiger partial charge is 0.235 e. The average molecular weight is 469 g/mol. The van der Waals surface area contributed by atoms with Crippen molar-refractivity contribution < 1.29 is 20.8 Å². The Balaban J connectivity index is 0.00000216. The van der Waals surface area contributed by atoms with Crippen molar-refractivity contribution in [2.45, 2.75) is 31.7 Å². The van der Waals surface area contributed by atoms with Crippen molar-refractivity contribution in [2.75, 3.05) is 18.7 Å². The maximum atomic E-state index is 13.2. The van der Waals surface area contributed by atoms with Crippen LogP contribution in [-0.2, 0) is 26.8 Å². The number of ether oxygens (including phenoxy) is 1. The van der Waals surface area contributed by atoms with Gasteiger partial charge in [-0.1, -0.05) is 42.5 Å². The van der Waals surface area contributed by atoms with Crippen molar-refractivity contribution in [1.29, 1.82) is 0 Å². The molecule has 1 aliphatic rings. The van der Waals surface area contributed by atoms with Crippen LogP contribution in [0.1, 0.15) is 32.4 Å². The number of carbonyl (C=O) groups is 1. The lowest BCUT2D eigenvalue weighted by atomic mass is 9.94. The summed E-state index contributed by atoms with van der Waals surface area (Å²) in [6, 6.07) is 21.4. The van der Waals surface area contributed by atoms with Crippen LogP contribution in [0.25, 0.3) is 11.1 Å². The highest BCUT2D eigenvalue weighted by Crippen LogP contribution is 2.49. The number of hydrogen-bond acceptors (Lipinski definition) is 4. The van der Waals surface area contributed by atoms with Crippen molar-refractivity contribution in [3.63, 3.8) is 0 Å². The van der Waals surface area contributed by atoms with Gasteiger partial charge in [0.25, 0.3) is 0 Å². The van der Waals surface area contributed by atoms with Crippen LogP contribution in [0, 0.1) is 6.92 Å². The van der Waals surface area contributed by atoms with Crippen molar-refractivity contribution in [3.05, 3.63) is 83.4 Å². The molecule has 0 atom stereocenters. The molecule has 1 saturated carbocycles. The van der Waals surface area contributed by atoms with Gasteiger partial charge in [0.15, 0.2) is 0 Å². The van der Waals surface area contributed by atoms with E-state index in [0.29, 0.717) is 0 Å². The number of hydrogen-bond donors (Lipinski definition) is 2. The van der Waals surface area contributed by atoms with E-state index in [2.05, 4.69) is 10.0 Å². The van der Waals surface area contributed by atoms with Crippen LogP contribution in [0.4, 0.5) is 5.69 Å². The fourth-order valence-corrected chi connectivity index (χ4v) is 4.40. The molecule has 33 heavy (non-hydrogen) atoms. The number of nitrogens with one attached hydrogen (secondary N) is 2. The Hall–Kier alpha value is -3.16. The molecule has 0 spiro atoms. The zero-order chi connectivity index (χ0) is 23.6. The van der Waals surface area contributed by atoms with Gasteiger partial charge in [-0.15, -0.1) is 0 Å². The lowest BCUT2D eigenvalue weighted by Crippen LogP contribution is -2.27. The molecule has 0 saturated heterocycles. The van der Waals surface area contributed by atoms with Gasteiger partial charge in [0.05, 0.1) is 18.8 Å². The highest BCUT2D eigenvalue weighted by Gasteiger charge is 2.51. The van der Waals surface area contributed by atoms with Crippen molar-refractivity contribution in [1.82, 2.24) is 4.72 Å². The molecule has 2 N–H and O–H groups in total. The molecule has 0 aliphatic heterocycles. The number of carbonyl (C=O) groups excluding carboxylic acids is 1. The highest BCUT2D eigenvalue weighted by molar-refractivity contribution is 7.88. The Morgan fingerprint density at radius 2 is 1.79 bits per heavy atom. The minimum absolute atomic E-state index is 0. The first-order chi connectivity index (χ1) is 15.7. The van der Waals surface area contributed by atoms with Crippen molar-refractivity contribution in [2.24, 2.45) is 0 Å². The number of aryl methyl sites for hydroxylation is 1. The lowest BCUT2D eigenvalue weighted by molar-refractivity contribution is -0.118. The molecule has 3 aromatic rings. The topological polar surface area (TPSA) is 84.5 Å². The molecule has 1 amide bonds. The second-order valence-corrected chi connectivity index (χ2v) is 10.4. The Labute approximate surface area is 198 Å². The van der Waals surface area contributed by atoms with Crippen LogP contribution in [0.2, 0.25) is 0 Å². The summed E-state index contributed by atoms with van der Waals surface area (Å²) in [5, 5.41) is 3.11. The summed E-state index contributed by atoms with van der Waals surface area (Å²) in [5.74, 6) is 0.743. The van der Waals surface area contributed by atoms with E-state index >= 15 is 0 Å². The first-order valence-corrected chi connectivity index (χ1v) is 12.7. The minimum Gasteiger partial charge on any atom is -0.497 e. The maximum Gasteiger partial charge on any atom is 0.235 e. The summed E-state index contributed by atoms with van der Waals surface area (Å²) in [6.45, 7) is 2.28. The number of methoxy groups -OCH3 is 1. The molecular weight excluding hydrogens is 436 g/mol. The van der Waals surface area contributed by atoms with Gasteiger partial charge >= 0.3 is 0 Å². The van der Waals surface area contributed by atoms with Gasteiger partial charge in [-0.25, -0.2) is 13.1 Å². The van der Waals surface area contributed by atoms with Crippen LogP contribution < -0.4 is 14.8 Å². The molecule has 0 heterocycles. The Morgan fingerprint density at radius 3 is 2.42 bits per heavy atom. The van der Waals surface area contributed by atoms with Crippen LogP contribution in [0.3, 0.4) is 0 Å². The predicted molar refractivity (Wildman–Crippen MR) is 135 cm³/mol. The van der Waals surface area contributed by atoms with E-state index in [1.807, 2.05) is 73.7 Å². The van der Waals surface area contributed by atoms with Crippen LogP contribution >= 0.6 is 0 Å². The standard InChI is InChI=1S/C26H28N2O4S.2H2/c1-18-7-12-22(16-24(18)20-10-8-19(9-11-20)17-27-33(3,30)31)28-25(29)26(13-14-26)21-5-4-6-23(15-21)32-2;;/h4-12,15-16,27H,13-14,17H2,1-3H3,(H,28,29);2*1H. The molecule has 6 nitrogen and oxygen atoms in total. The quantitative estimate of drug-likeness (QED) is 0.493. The highest BCUT2D eigenvalue weighted by atomic mass is 32.2. The van der Waals surface area contributed by atoms with E-state index in [1.165, 1.54) is 0 Å². The average Bonchev–Trinajstić information content (AvgIpc) is 3.61. The van der Waals surface area contributed by atoms with E-state index in [0.717, 1.165) is 58.4 Å². The summed E-state index contributed by atoms with van der Waals surface area (Å²) in [6.07, 6.45) is 2.77. The Kier molecular flexibility index (Phi) is 6.28. The molecule has 1 aliphatic carbocycles. The van der Waals surface area contributed by atoms with Crippen molar-refractivity contribution >= 4 is 21.6 Å². The van der Waals surface area contributed by atoms with Crippen LogP contribution in [-0.4, -0.2) is 27.7 Å². The largest absolute Gasteiger partial charge is 0.497 e. The first-order valence-electron chi connectivity index (χ1n) is 10.8. The number of amides is 1. The van der Waals surface area contributed by atoms with Gasteiger partial charge in [-0.3, -0.25) is 4.79 Å². The van der Waals surface area contributed by atoms with Crippen LogP contribution in [0.15, 0.2) is 66.7 Å². The second kappa shape index (κ2) is 9.00. The first kappa shape index (κ1) is 23.0. The monoisotopic (exact) mass is 468 g/mol. The van der Waals surface area contributed by atoms with Crippen molar-refractivity contribution in [3.8, 4) is 16.9 Å². The fraction of sp³-hybridized carbons (Fsp3) is 0.269. The van der Waals surface area contributed by atoms with Crippen LogP contribution in [0.5, 0.6) is 5.75 Å². The molecule has 0 unspecified atom stereocenters. The SMILES string of the molecule is COc1cccc(C2(C(=O)Nc3ccc(C)c(-c4ccc(CNS(C)(=O)=O)cc4)c3)CC2)c1.[HH].[HH]. The van der Waals surface area contributed by atoms with Gasteiger partial charge in [0, 0.05) is 15.1 Å². The number of rotatable bonds is 8. The van der Waals surface area contributed by atoms with Gasteiger partial charge < -0.3 is 10.1 Å².